The summed E-state index contributed by atoms with van der Waals surface area (Å²) in [7, 11) is 0. The number of rotatable bonds is 3. The minimum Gasteiger partial charge on any atom is -0.388 e. The first-order chi connectivity index (χ1) is 5.84. The molecule has 1 atom stereocenters. The second kappa shape index (κ2) is 4.67. The van der Waals surface area contributed by atoms with Gasteiger partial charge >= 0.3 is 0 Å². The molecule has 0 aliphatic carbocycles. The molecular weight excluding hydrogens is 155 g/mol. The van der Waals surface area contributed by atoms with E-state index in [-0.39, 0.29) is 0 Å². The van der Waals surface area contributed by atoms with Crippen LogP contribution in [-0.2, 0) is 0 Å². The largest absolute Gasteiger partial charge is 0.388 e. The quantitative estimate of drug-likeness (QED) is 0.731. The summed E-state index contributed by atoms with van der Waals surface area (Å²) in [4.78, 5) is 0. The lowest BCUT2D eigenvalue weighted by atomic mass is 10.1. The van der Waals surface area contributed by atoms with Crippen LogP contribution in [0.15, 0.2) is 42.7 Å². The fourth-order valence-electron chi connectivity index (χ4n) is 0.992. The number of aliphatic hydroxyl groups excluding tert-OH is 1. The van der Waals surface area contributed by atoms with Crippen molar-refractivity contribution in [1.29, 1.82) is 0 Å². The molecule has 1 N–H and O–H groups in total. The summed E-state index contributed by atoms with van der Waals surface area (Å²) in [6.07, 6.45) is 1.47. The molecule has 0 radical (unpaired) electrons. The van der Waals surface area contributed by atoms with Crippen molar-refractivity contribution in [1.82, 2.24) is 0 Å². The number of hydrogen-bond donors (Lipinski definition) is 1. The molecule has 0 spiro atoms. The maximum Gasteiger partial charge on any atom is 0.0828 e. The number of halogens is 1. The van der Waals surface area contributed by atoms with Crippen molar-refractivity contribution in [2.24, 2.45) is 0 Å². The average Bonchev–Trinajstić information content (AvgIpc) is 2.15. The predicted molar refractivity (Wildman–Crippen MR) is 46.3 cm³/mol. The summed E-state index contributed by atoms with van der Waals surface area (Å²) in [6, 6.07) is 9.20. The second-order valence-corrected chi connectivity index (χ2v) is 2.52. The van der Waals surface area contributed by atoms with E-state index in [0.29, 0.717) is 12.8 Å². The van der Waals surface area contributed by atoms with Crippen LogP contribution in [0.4, 0.5) is 4.39 Å². The van der Waals surface area contributed by atoms with Crippen LogP contribution >= 0.6 is 0 Å². The molecule has 1 rings (SSSR count). The molecule has 0 bridgehead atoms. The van der Waals surface area contributed by atoms with Gasteiger partial charge in [0, 0.05) is 0 Å². The predicted octanol–water partition coefficient (Wildman–Crippen LogP) is 2.59. The molecule has 0 fully saturated rings. The maximum absolute atomic E-state index is 11.6. The summed E-state index contributed by atoms with van der Waals surface area (Å²) in [5.74, 6) is 0. The SMILES string of the molecule is O[C@H](C/C=C/F)c1ccccc1. The van der Waals surface area contributed by atoms with Crippen LogP contribution < -0.4 is 0 Å². The highest BCUT2D eigenvalue weighted by molar-refractivity contribution is 5.17. The lowest BCUT2D eigenvalue weighted by molar-refractivity contribution is 0.181. The maximum atomic E-state index is 11.6. The molecule has 0 heterocycles. The highest BCUT2D eigenvalue weighted by Crippen LogP contribution is 2.15. The molecule has 0 saturated heterocycles. The van der Waals surface area contributed by atoms with Crippen LogP contribution in [0.2, 0.25) is 0 Å². The zero-order chi connectivity index (χ0) is 8.81. The molecule has 2 heteroatoms. The summed E-state index contributed by atoms with van der Waals surface area (Å²) < 4.78 is 11.6. The standard InChI is InChI=1S/C10H11FO/c11-8-4-7-10(12)9-5-2-1-3-6-9/h1-6,8,10,12H,7H2/b8-4+/t10-/m1/s1. The van der Waals surface area contributed by atoms with E-state index in [2.05, 4.69) is 0 Å². The zero-order valence-corrected chi connectivity index (χ0v) is 6.65. The Balaban J connectivity index is 2.59. The van der Waals surface area contributed by atoms with Crippen molar-refractivity contribution in [3.63, 3.8) is 0 Å². The van der Waals surface area contributed by atoms with Crippen molar-refractivity contribution < 1.29 is 9.50 Å². The Morgan fingerprint density at radius 2 is 2.00 bits per heavy atom. The van der Waals surface area contributed by atoms with Crippen molar-refractivity contribution in [3.8, 4) is 0 Å². The molecule has 64 valence electrons. The highest BCUT2D eigenvalue weighted by Gasteiger charge is 2.02. The third kappa shape index (κ3) is 2.47. The molecule has 1 aromatic rings. The Kier molecular flexibility index (Phi) is 3.48. The van der Waals surface area contributed by atoms with Gasteiger partial charge in [0.1, 0.15) is 0 Å². The van der Waals surface area contributed by atoms with E-state index < -0.39 is 6.10 Å². The summed E-state index contributed by atoms with van der Waals surface area (Å²) in [5.41, 5.74) is 0.815. The van der Waals surface area contributed by atoms with Crippen molar-refractivity contribution in [3.05, 3.63) is 48.3 Å². The minimum atomic E-state index is -0.599. The summed E-state index contributed by atoms with van der Waals surface area (Å²) in [6.45, 7) is 0. The van der Waals surface area contributed by atoms with Crippen LogP contribution in [0.25, 0.3) is 0 Å². The van der Waals surface area contributed by atoms with Gasteiger partial charge in [-0.2, -0.15) is 0 Å². The van der Waals surface area contributed by atoms with Gasteiger partial charge in [0.25, 0.3) is 0 Å². The van der Waals surface area contributed by atoms with E-state index in [1.807, 2.05) is 30.3 Å². The average molecular weight is 166 g/mol. The van der Waals surface area contributed by atoms with Gasteiger partial charge in [0.15, 0.2) is 0 Å². The minimum absolute atomic E-state index is 0.320. The molecule has 1 aromatic carbocycles. The van der Waals surface area contributed by atoms with Crippen LogP contribution in [-0.4, -0.2) is 5.11 Å². The van der Waals surface area contributed by atoms with Crippen LogP contribution in [0.5, 0.6) is 0 Å². The van der Waals surface area contributed by atoms with Gasteiger partial charge in [-0.15, -0.1) is 0 Å². The Labute approximate surface area is 71.2 Å². The first-order valence-corrected chi connectivity index (χ1v) is 3.83. The van der Waals surface area contributed by atoms with Gasteiger partial charge in [-0.1, -0.05) is 36.4 Å². The molecule has 0 aromatic heterocycles. The Morgan fingerprint density at radius 3 is 2.58 bits per heavy atom. The normalized spacial score (nSPS) is 13.5. The van der Waals surface area contributed by atoms with Crippen molar-refractivity contribution >= 4 is 0 Å². The third-order valence-electron chi connectivity index (χ3n) is 1.63. The number of aliphatic hydroxyl groups is 1. The van der Waals surface area contributed by atoms with Gasteiger partial charge in [-0.05, 0) is 12.0 Å². The highest BCUT2D eigenvalue weighted by atomic mass is 19.1. The Hall–Kier alpha value is -1.15. The molecule has 12 heavy (non-hydrogen) atoms. The van der Waals surface area contributed by atoms with E-state index in [4.69, 9.17) is 0 Å². The zero-order valence-electron chi connectivity index (χ0n) is 6.65. The van der Waals surface area contributed by atoms with E-state index in [0.717, 1.165) is 5.56 Å². The van der Waals surface area contributed by atoms with Crippen LogP contribution in [0.1, 0.15) is 18.1 Å². The second-order valence-electron chi connectivity index (χ2n) is 2.52. The fraction of sp³-hybridized carbons (Fsp3) is 0.200. The van der Waals surface area contributed by atoms with Gasteiger partial charge in [-0.3, -0.25) is 0 Å². The van der Waals surface area contributed by atoms with Gasteiger partial charge in [-0.25, -0.2) is 4.39 Å². The number of hydrogen-bond acceptors (Lipinski definition) is 1. The molecule has 0 amide bonds. The molecular formula is C10H11FO. The van der Waals surface area contributed by atoms with E-state index in [1.165, 1.54) is 6.08 Å². The monoisotopic (exact) mass is 166 g/mol. The van der Waals surface area contributed by atoms with Crippen molar-refractivity contribution in [2.45, 2.75) is 12.5 Å². The van der Waals surface area contributed by atoms with E-state index in [9.17, 15) is 9.50 Å². The van der Waals surface area contributed by atoms with E-state index >= 15 is 0 Å². The Morgan fingerprint density at radius 1 is 1.33 bits per heavy atom. The van der Waals surface area contributed by atoms with Crippen LogP contribution in [0, 0.1) is 0 Å². The first-order valence-electron chi connectivity index (χ1n) is 3.83. The van der Waals surface area contributed by atoms with E-state index in [1.54, 1.807) is 0 Å². The smallest absolute Gasteiger partial charge is 0.0828 e. The molecule has 1 nitrogen and oxygen atoms in total. The molecule has 0 unspecified atom stereocenters. The number of benzene rings is 1. The van der Waals surface area contributed by atoms with Gasteiger partial charge in [0.05, 0.1) is 12.4 Å². The molecule has 0 aliphatic rings. The summed E-state index contributed by atoms with van der Waals surface area (Å²) in [5, 5.41) is 9.43. The Bertz CT molecular complexity index is 243. The lowest BCUT2D eigenvalue weighted by Gasteiger charge is -2.06. The molecule has 0 aliphatic heterocycles. The first kappa shape index (κ1) is 8.94. The summed E-state index contributed by atoms with van der Waals surface area (Å²) >= 11 is 0. The fourth-order valence-corrected chi connectivity index (χ4v) is 0.992. The van der Waals surface area contributed by atoms with Gasteiger partial charge in [0.2, 0.25) is 0 Å². The van der Waals surface area contributed by atoms with Gasteiger partial charge < -0.3 is 5.11 Å². The lowest BCUT2D eigenvalue weighted by Crippen LogP contribution is -1.94. The third-order valence-corrected chi connectivity index (χ3v) is 1.63. The van der Waals surface area contributed by atoms with Crippen LogP contribution in [0.3, 0.4) is 0 Å². The topological polar surface area (TPSA) is 20.2 Å². The molecule has 0 saturated carbocycles. The van der Waals surface area contributed by atoms with Crippen molar-refractivity contribution in [2.75, 3.05) is 0 Å².